The van der Waals surface area contributed by atoms with Gasteiger partial charge >= 0.3 is 0 Å². The van der Waals surface area contributed by atoms with Gasteiger partial charge in [-0.1, -0.05) is 13.8 Å². The van der Waals surface area contributed by atoms with Gasteiger partial charge in [0.25, 0.3) is 0 Å². The Balaban J connectivity index is 1.99. The van der Waals surface area contributed by atoms with E-state index in [1.807, 2.05) is 0 Å². The van der Waals surface area contributed by atoms with Crippen LogP contribution in [0.5, 0.6) is 23.0 Å². The third kappa shape index (κ3) is 3.55. The van der Waals surface area contributed by atoms with E-state index in [4.69, 9.17) is 14.2 Å². The molecule has 0 bridgehead atoms. The molecule has 0 radical (unpaired) electrons. The molecule has 10 nitrogen and oxygen atoms in total. The van der Waals surface area contributed by atoms with Crippen LogP contribution in [0.15, 0.2) is 29.5 Å². The number of ether oxygens (including phenoxy) is 3. The van der Waals surface area contributed by atoms with Gasteiger partial charge in [-0.3, -0.25) is 19.2 Å². The van der Waals surface area contributed by atoms with Crippen LogP contribution in [-0.2, 0) is 16.0 Å². The minimum atomic E-state index is -1.20. The number of hydrogen-bond acceptors (Lipinski definition) is 10. The van der Waals surface area contributed by atoms with E-state index in [0.29, 0.717) is 12.0 Å². The number of carbonyl (C=O) groups excluding carboxylic acids is 4. The van der Waals surface area contributed by atoms with Crippen LogP contribution in [0.3, 0.4) is 0 Å². The average Bonchev–Trinajstić information content (AvgIpc) is 2.87. The van der Waals surface area contributed by atoms with Crippen molar-refractivity contribution in [2.24, 2.45) is 0 Å². The first-order chi connectivity index (χ1) is 17.5. The second kappa shape index (κ2) is 9.12. The first-order valence-electron chi connectivity index (χ1n) is 11.3. The van der Waals surface area contributed by atoms with Gasteiger partial charge in [0.2, 0.25) is 17.3 Å². The van der Waals surface area contributed by atoms with Crippen molar-refractivity contribution >= 4 is 28.9 Å². The van der Waals surface area contributed by atoms with Gasteiger partial charge in [0.05, 0.1) is 38.0 Å². The number of aromatic hydroxyl groups is 2. The summed E-state index contributed by atoms with van der Waals surface area (Å²) in [5.41, 5.74) is -1.17. The Labute approximate surface area is 211 Å². The minimum Gasteiger partial charge on any atom is -0.507 e. The van der Waals surface area contributed by atoms with Crippen molar-refractivity contribution < 1.29 is 48.7 Å². The van der Waals surface area contributed by atoms with E-state index in [2.05, 4.69) is 0 Å². The van der Waals surface area contributed by atoms with Crippen LogP contribution in [0, 0.1) is 0 Å². The fourth-order valence-corrected chi connectivity index (χ4v) is 4.88. The molecule has 0 saturated carbocycles. The molecular weight excluding hydrogens is 484 g/mol. The van der Waals surface area contributed by atoms with Crippen molar-refractivity contribution in [2.45, 2.75) is 26.2 Å². The zero-order valence-corrected chi connectivity index (χ0v) is 20.7. The Morgan fingerprint density at radius 2 is 1.38 bits per heavy atom. The van der Waals surface area contributed by atoms with Crippen LogP contribution < -0.4 is 9.47 Å². The van der Waals surface area contributed by atoms with Crippen LogP contribution in [-0.4, -0.2) is 59.8 Å². The molecular formula is C27H24O10. The summed E-state index contributed by atoms with van der Waals surface area (Å²) < 4.78 is 15.5. The molecule has 0 spiro atoms. The molecule has 4 rings (SSSR count). The predicted octanol–water partition coefficient (Wildman–Crippen LogP) is 3.42. The lowest BCUT2D eigenvalue weighted by molar-refractivity contribution is -0.112. The van der Waals surface area contributed by atoms with Crippen LogP contribution in [0.4, 0.5) is 0 Å². The second-order valence-electron chi connectivity index (χ2n) is 8.49. The number of ketones is 4. The predicted molar refractivity (Wildman–Crippen MR) is 130 cm³/mol. The Morgan fingerprint density at radius 1 is 0.784 bits per heavy atom. The van der Waals surface area contributed by atoms with Crippen molar-refractivity contribution in [1.29, 1.82) is 0 Å². The number of Topliss-reactive ketones (excluding diaryl/α,β-unsaturated/α-hetero) is 3. The zero-order chi connectivity index (χ0) is 27.3. The Kier molecular flexibility index (Phi) is 6.29. The minimum absolute atomic E-state index is 0.0678. The molecule has 2 aromatic carbocycles. The molecule has 2 aliphatic carbocycles. The van der Waals surface area contributed by atoms with Crippen LogP contribution in [0.1, 0.15) is 67.5 Å². The summed E-state index contributed by atoms with van der Waals surface area (Å²) in [5.74, 6) is -6.48. The highest BCUT2D eigenvalue weighted by Gasteiger charge is 2.42. The van der Waals surface area contributed by atoms with Gasteiger partial charge in [-0.2, -0.15) is 0 Å². The van der Waals surface area contributed by atoms with E-state index < -0.39 is 51.9 Å². The maximum Gasteiger partial charge on any atom is 0.234 e. The SMILES string of the molecule is CCc1c(OC)cc2c(c1O)C(O)=C([C@@H](C)c1c(OC)cc3c(c1O)C(=O)C=C(OC)C3=O)C(=O)C2=O. The third-order valence-corrected chi connectivity index (χ3v) is 6.71. The monoisotopic (exact) mass is 508 g/mol. The van der Waals surface area contributed by atoms with E-state index in [1.54, 1.807) is 6.92 Å². The van der Waals surface area contributed by atoms with E-state index >= 15 is 0 Å². The van der Waals surface area contributed by atoms with Crippen molar-refractivity contribution in [1.82, 2.24) is 0 Å². The van der Waals surface area contributed by atoms with E-state index in [1.165, 1.54) is 40.4 Å². The maximum atomic E-state index is 13.2. The molecule has 10 heteroatoms. The first kappa shape index (κ1) is 25.5. The second-order valence-corrected chi connectivity index (χ2v) is 8.49. The van der Waals surface area contributed by atoms with Crippen molar-refractivity contribution in [2.75, 3.05) is 21.3 Å². The molecule has 2 aromatic rings. The van der Waals surface area contributed by atoms with E-state index in [-0.39, 0.29) is 45.1 Å². The summed E-state index contributed by atoms with van der Waals surface area (Å²) in [6.45, 7) is 3.15. The van der Waals surface area contributed by atoms with Crippen molar-refractivity contribution in [3.8, 4) is 23.0 Å². The highest BCUT2D eigenvalue weighted by molar-refractivity contribution is 6.52. The first-order valence-corrected chi connectivity index (χ1v) is 11.3. The topological polar surface area (TPSA) is 157 Å². The average molecular weight is 508 g/mol. The lowest BCUT2D eigenvalue weighted by Gasteiger charge is -2.27. The summed E-state index contributed by atoms with van der Waals surface area (Å²) in [7, 11) is 3.83. The van der Waals surface area contributed by atoms with Gasteiger partial charge in [0.1, 0.15) is 28.8 Å². The number of fused-ring (bicyclic) bond motifs is 2. The molecule has 1 atom stereocenters. The number of benzene rings is 2. The number of rotatable bonds is 6. The lowest BCUT2D eigenvalue weighted by Crippen LogP contribution is -2.28. The molecule has 0 aromatic heterocycles. The number of allylic oxidation sites excluding steroid dienone is 3. The molecule has 37 heavy (non-hydrogen) atoms. The van der Waals surface area contributed by atoms with Gasteiger partial charge in [-0.05, 0) is 18.6 Å². The number of carbonyl (C=O) groups is 4. The van der Waals surface area contributed by atoms with Crippen LogP contribution in [0.2, 0.25) is 0 Å². The quantitative estimate of drug-likeness (QED) is 0.494. The number of hydrogen-bond donors (Lipinski definition) is 3. The molecule has 2 aliphatic rings. The number of phenolic OH excluding ortho intramolecular Hbond substituents is 2. The lowest BCUT2D eigenvalue weighted by atomic mass is 9.77. The molecule has 0 heterocycles. The van der Waals surface area contributed by atoms with E-state index in [0.717, 1.165) is 6.08 Å². The highest BCUT2D eigenvalue weighted by atomic mass is 16.5. The van der Waals surface area contributed by atoms with Gasteiger partial charge in [-0.15, -0.1) is 0 Å². The summed E-state index contributed by atoms with van der Waals surface area (Å²) in [6.07, 6.45) is 1.24. The molecule has 0 saturated heterocycles. The van der Waals surface area contributed by atoms with E-state index in [9.17, 15) is 34.5 Å². The van der Waals surface area contributed by atoms with Gasteiger partial charge in [-0.25, -0.2) is 0 Å². The summed E-state index contributed by atoms with van der Waals surface area (Å²) in [5, 5.41) is 33.2. The van der Waals surface area contributed by atoms with Crippen molar-refractivity contribution in [3.63, 3.8) is 0 Å². The number of phenols is 2. The highest BCUT2D eigenvalue weighted by Crippen LogP contribution is 2.48. The zero-order valence-electron chi connectivity index (χ0n) is 20.7. The smallest absolute Gasteiger partial charge is 0.234 e. The molecule has 3 N–H and O–H groups in total. The normalized spacial score (nSPS) is 15.8. The summed E-state index contributed by atoms with van der Waals surface area (Å²) >= 11 is 0. The molecule has 0 unspecified atom stereocenters. The molecule has 0 aliphatic heterocycles. The van der Waals surface area contributed by atoms with Crippen molar-refractivity contribution in [3.05, 3.63) is 62.9 Å². The van der Waals surface area contributed by atoms with Gasteiger partial charge in [0.15, 0.2) is 11.5 Å². The summed E-state index contributed by atoms with van der Waals surface area (Å²) in [6, 6.07) is 2.51. The Hall–Kier alpha value is -4.60. The number of aliphatic hydroxyl groups is 1. The number of methoxy groups -OCH3 is 3. The van der Waals surface area contributed by atoms with Gasteiger partial charge in [0, 0.05) is 34.2 Å². The molecule has 0 fully saturated rings. The largest absolute Gasteiger partial charge is 0.507 e. The summed E-state index contributed by atoms with van der Waals surface area (Å²) in [4.78, 5) is 51.8. The number of aliphatic hydroxyl groups excluding tert-OH is 1. The Bertz CT molecular complexity index is 1470. The molecule has 0 amide bonds. The van der Waals surface area contributed by atoms with Gasteiger partial charge < -0.3 is 29.5 Å². The molecule has 192 valence electrons. The van der Waals surface area contributed by atoms with Crippen LogP contribution >= 0.6 is 0 Å². The van der Waals surface area contributed by atoms with Crippen LogP contribution in [0.25, 0.3) is 5.76 Å². The Morgan fingerprint density at radius 3 is 1.95 bits per heavy atom. The third-order valence-electron chi connectivity index (χ3n) is 6.71. The standard InChI is InChI=1S/C27H24O10/c1-6-11-15(35-3)7-13-21(23(11)30)26(33)19(27(34)24(13)31)10(2)18-16(36-4)8-12-20(25(18)32)14(28)9-17(37-5)22(12)29/h7-10,30,32-33H,6H2,1-5H3/t10-/m0/s1. The fraction of sp³-hybridized carbons (Fsp3) is 0.259. The fourth-order valence-electron chi connectivity index (χ4n) is 4.88. The maximum absolute atomic E-state index is 13.2.